The summed E-state index contributed by atoms with van der Waals surface area (Å²) in [7, 11) is 2.11. The number of halogens is 1. The molecule has 1 aromatic heterocycles. The molecule has 4 nitrogen and oxygen atoms in total. The van der Waals surface area contributed by atoms with Crippen molar-refractivity contribution in [3.8, 4) is 0 Å². The quantitative estimate of drug-likeness (QED) is 0.769. The minimum absolute atomic E-state index is 0.227. The summed E-state index contributed by atoms with van der Waals surface area (Å²) in [5, 5.41) is 6.58. The van der Waals surface area contributed by atoms with Gasteiger partial charge in [-0.15, -0.1) is 11.8 Å². The summed E-state index contributed by atoms with van der Waals surface area (Å²) in [6.45, 7) is 2.73. The molecule has 0 saturated carbocycles. The fourth-order valence-electron chi connectivity index (χ4n) is 2.75. The zero-order chi connectivity index (χ0) is 18.5. The molecule has 26 heavy (non-hydrogen) atoms. The molecule has 1 atom stereocenters. The molecular formula is C19H21BFN3OS. The minimum Gasteiger partial charge on any atom is -0.368 e. The summed E-state index contributed by atoms with van der Waals surface area (Å²) in [5.74, 6) is 0.0821. The summed E-state index contributed by atoms with van der Waals surface area (Å²) in [5.41, 5.74) is 1.81. The van der Waals surface area contributed by atoms with E-state index in [-0.39, 0.29) is 18.3 Å². The standard InChI is InChI=1S/C19H21BFN3OS/c1-12-4-5-13(9-16(12)21)10-24-19(25)15-3-2-8-22-18(15)23-11-14-6-7-17(20)26-14/h2-5,7-9,14H,6,10-11,20H2,1H3,(H,22,23)(H,24,25). The molecule has 1 amide bonds. The van der Waals surface area contributed by atoms with Crippen molar-refractivity contribution in [2.45, 2.75) is 25.1 Å². The van der Waals surface area contributed by atoms with Crippen molar-refractivity contribution < 1.29 is 9.18 Å². The van der Waals surface area contributed by atoms with Crippen LogP contribution in [-0.2, 0) is 6.54 Å². The van der Waals surface area contributed by atoms with Crippen LogP contribution in [0.4, 0.5) is 10.2 Å². The SMILES string of the molecule is BC1=CCC(CNc2ncccc2C(=O)NCc2ccc(C)c(F)c2)S1. The summed E-state index contributed by atoms with van der Waals surface area (Å²) >= 11 is 1.84. The number of benzene rings is 1. The Morgan fingerprint density at radius 1 is 1.42 bits per heavy atom. The molecule has 0 aliphatic carbocycles. The lowest BCUT2D eigenvalue weighted by atomic mass is 10.1. The van der Waals surface area contributed by atoms with Gasteiger partial charge in [-0.25, -0.2) is 9.37 Å². The number of hydrogen-bond acceptors (Lipinski definition) is 4. The maximum absolute atomic E-state index is 13.6. The topological polar surface area (TPSA) is 54.0 Å². The average molecular weight is 369 g/mol. The normalized spacial score (nSPS) is 16.2. The van der Waals surface area contributed by atoms with Gasteiger partial charge in [0.2, 0.25) is 0 Å². The maximum Gasteiger partial charge on any atom is 0.255 e. The van der Waals surface area contributed by atoms with Gasteiger partial charge in [-0.3, -0.25) is 4.79 Å². The number of carbonyl (C=O) groups is 1. The number of anilines is 1. The number of allylic oxidation sites excluding steroid dienone is 1. The second kappa shape index (κ2) is 8.40. The molecule has 1 unspecified atom stereocenters. The molecule has 2 N–H and O–H groups in total. The van der Waals surface area contributed by atoms with Crippen molar-refractivity contribution in [1.82, 2.24) is 10.3 Å². The van der Waals surface area contributed by atoms with Gasteiger partial charge in [-0.2, -0.15) is 0 Å². The lowest BCUT2D eigenvalue weighted by Gasteiger charge is -2.14. The molecule has 134 valence electrons. The molecule has 7 heteroatoms. The Bertz CT molecular complexity index is 843. The van der Waals surface area contributed by atoms with Crippen molar-refractivity contribution in [2.75, 3.05) is 11.9 Å². The summed E-state index contributed by atoms with van der Waals surface area (Å²) in [4.78, 5) is 18.2. The van der Waals surface area contributed by atoms with Gasteiger partial charge in [-0.05, 0) is 42.7 Å². The molecule has 2 aromatic rings. The smallest absolute Gasteiger partial charge is 0.255 e. The van der Waals surface area contributed by atoms with Crippen LogP contribution in [0.5, 0.6) is 0 Å². The number of rotatable bonds is 6. The van der Waals surface area contributed by atoms with Gasteiger partial charge in [0.15, 0.2) is 0 Å². The lowest BCUT2D eigenvalue weighted by Crippen LogP contribution is -2.25. The first kappa shape index (κ1) is 18.5. The number of amides is 1. The molecule has 2 heterocycles. The monoisotopic (exact) mass is 369 g/mol. The molecule has 1 aliphatic heterocycles. The van der Waals surface area contributed by atoms with Crippen molar-refractivity contribution in [3.05, 3.63) is 69.9 Å². The molecule has 0 radical (unpaired) electrons. The Morgan fingerprint density at radius 3 is 3.00 bits per heavy atom. The van der Waals surface area contributed by atoms with Crippen LogP contribution in [0.15, 0.2) is 47.4 Å². The number of thioether (sulfide) groups is 1. The zero-order valence-corrected chi connectivity index (χ0v) is 15.7. The Balaban J connectivity index is 1.60. The number of nitrogens with one attached hydrogen (secondary N) is 2. The van der Waals surface area contributed by atoms with Crippen LogP contribution in [0.2, 0.25) is 0 Å². The van der Waals surface area contributed by atoms with E-state index in [2.05, 4.69) is 29.5 Å². The highest BCUT2D eigenvalue weighted by Gasteiger charge is 2.17. The Morgan fingerprint density at radius 2 is 2.27 bits per heavy atom. The first-order valence-corrected chi connectivity index (χ1v) is 9.46. The highest BCUT2D eigenvalue weighted by atomic mass is 32.2. The lowest BCUT2D eigenvalue weighted by molar-refractivity contribution is 0.0951. The van der Waals surface area contributed by atoms with Crippen LogP contribution < -0.4 is 10.6 Å². The van der Waals surface area contributed by atoms with E-state index in [1.165, 1.54) is 10.9 Å². The van der Waals surface area contributed by atoms with Crippen molar-refractivity contribution >= 4 is 31.3 Å². The first-order chi connectivity index (χ1) is 12.5. The van der Waals surface area contributed by atoms with E-state index in [1.54, 1.807) is 31.3 Å². The zero-order valence-electron chi connectivity index (χ0n) is 14.9. The third kappa shape index (κ3) is 4.66. The van der Waals surface area contributed by atoms with E-state index in [0.29, 0.717) is 22.2 Å². The van der Waals surface area contributed by atoms with Gasteiger partial charge in [0, 0.05) is 24.5 Å². The molecule has 3 rings (SSSR count). The minimum atomic E-state index is -0.265. The largest absolute Gasteiger partial charge is 0.368 e. The molecule has 0 spiro atoms. The third-order valence-corrected chi connectivity index (χ3v) is 5.49. The van der Waals surface area contributed by atoms with Gasteiger partial charge < -0.3 is 10.6 Å². The number of pyridine rings is 1. The first-order valence-electron chi connectivity index (χ1n) is 8.58. The Kier molecular flexibility index (Phi) is 5.98. The number of aromatic nitrogens is 1. The average Bonchev–Trinajstić information content (AvgIpc) is 3.06. The van der Waals surface area contributed by atoms with Crippen molar-refractivity contribution in [1.29, 1.82) is 0 Å². The number of nitrogens with zero attached hydrogens (tertiary/aromatic N) is 1. The molecule has 1 aliphatic rings. The van der Waals surface area contributed by atoms with Crippen molar-refractivity contribution in [2.24, 2.45) is 0 Å². The van der Waals surface area contributed by atoms with E-state index in [1.807, 2.05) is 17.8 Å². The van der Waals surface area contributed by atoms with E-state index in [4.69, 9.17) is 0 Å². The van der Waals surface area contributed by atoms with Gasteiger partial charge in [0.25, 0.3) is 5.91 Å². The van der Waals surface area contributed by atoms with Crippen LogP contribution in [0.1, 0.15) is 27.9 Å². The highest BCUT2D eigenvalue weighted by Crippen LogP contribution is 2.30. The van der Waals surface area contributed by atoms with Gasteiger partial charge >= 0.3 is 0 Å². The van der Waals surface area contributed by atoms with E-state index in [0.717, 1.165) is 18.5 Å². The van der Waals surface area contributed by atoms with Crippen LogP contribution in [0.3, 0.4) is 0 Å². The number of carbonyl (C=O) groups excluding carboxylic acids is 1. The van der Waals surface area contributed by atoms with E-state index < -0.39 is 0 Å². The van der Waals surface area contributed by atoms with Crippen molar-refractivity contribution in [3.63, 3.8) is 0 Å². The molecule has 1 aromatic carbocycles. The van der Waals surface area contributed by atoms with Gasteiger partial charge in [-0.1, -0.05) is 23.0 Å². The molecule has 0 saturated heterocycles. The van der Waals surface area contributed by atoms with Crippen LogP contribution in [0, 0.1) is 12.7 Å². The second-order valence-corrected chi connectivity index (χ2v) is 7.88. The summed E-state index contributed by atoms with van der Waals surface area (Å²) in [6.07, 6.45) is 4.92. The second-order valence-electron chi connectivity index (χ2n) is 6.34. The summed E-state index contributed by atoms with van der Waals surface area (Å²) < 4.78 is 13.6. The van der Waals surface area contributed by atoms with E-state index in [9.17, 15) is 9.18 Å². The predicted octanol–water partition coefficient (Wildman–Crippen LogP) is 2.85. The van der Waals surface area contributed by atoms with E-state index >= 15 is 0 Å². The molecule has 0 fully saturated rings. The predicted molar refractivity (Wildman–Crippen MR) is 108 cm³/mol. The third-order valence-electron chi connectivity index (χ3n) is 4.26. The van der Waals surface area contributed by atoms with Gasteiger partial charge in [0.1, 0.15) is 19.5 Å². The fourth-order valence-corrected chi connectivity index (χ4v) is 3.82. The van der Waals surface area contributed by atoms with Crippen LogP contribution in [0.25, 0.3) is 0 Å². The van der Waals surface area contributed by atoms with Crippen LogP contribution >= 0.6 is 11.8 Å². The Hall–Kier alpha value is -2.28. The van der Waals surface area contributed by atoms with Crippen LogP contribution in [-0.4, -0.2) is 30.5 Å². The van der Waals surface area contributed by atoms with Gasteiger partial charge in [0.05, 0.1) is 5.56 Å². The molecular weight excluding hydrogens is 348 g/mol. The maximum atomic E-state index is 13.6. The number of hydrogen-bond donors (Lipinski definition) is 2. The highest BCUT2D eigenvalue weighted by molar-refractivity contribution is 8.05. The fraction of sp³-hybridized carbons (Fsp3) is 0.263. The summed E-state index contributed by atoms with van der Waals surface area (Å²) in [6, 6.07) is 8.45. The number of aryl methyl sites for hydroxylation is 1. The molecule has 0 bridgehead atoms. The Labute approximate surface area is 158 Å².